The third-order valence-corrected chi connectivity index (χ3v) is 2.87. The van der Waals surface area contributed by atoms with Crippen molar-refractivity contribution >= 4 is 6.29 Å². The smallest absolute Gasteiger partial charge is 0.186 e. The first-order valence-corrected chi connectivity index (χ1v) is 7.16. The minimum atomic E-state index is -0.568. The summed E-state index contributed by atoms with van der Waals surface area (Å²) < 4.78 is 21.9. The Labute approximate surface area is 126 Å². The van der Waals surface area contributed by atoms with Gasteiger partial charge in [-0.25, -0.2) is 0 Å². The minimum absolute atomic E-state index is 0.462. The van der Waals surface area contributed by atoms with Gasteiger partial charge in [-0.2, -0.15) is 0 Å². The van der Waals surface area contributed by atoms with Crippen molar-refractivity contribution in [1.82, 2.24) is 0 Å². The Bertz CT molecular complexity index is 441. The fourth-order valence-electron chi connectivity index (χ4n) is 1.89. The Morgan fingerprint density at radius 3 is 2.05 bits per heavy atom. The van der Waals surface area contributed by atoms with Crippen LogP contribution in [0.4, 0.5) is 0 Å². The zero-order valence-corrected chi connectivity index (χ0v) is 13.2. The molecule has 0 fully saturated rings. The molecule has 5 nitrogen and oxygen atoms in total. The van der Waals surface area contributed by atoms with Crippen molar-refractivity contribution in [3.05, 3.63) is 23.3 Å². The van der Waals surface area contributed by atoms with Crippen LogP contribution in [0.3, 0.4) is 0 Å². The molecule has 0 aliphatic carbocycles. The first-order valence-electron chi connectivity index (χ1n) is 7.16. The van der Waals surface area contributed by atoms with Gasteiger partial charge in [-0.1, -0.05) is 13.8 Å². The third kappa shape index (κ3) is 4.72. The Morgan fingerprint density at radius 2 is 1.57 bits per heavy atom. The molecule has 0 atom stereocenters. The van der Waals surface area contributed by atoms with E-state index in [0.29, 0.717) is 35.8 Å². The van der Waals surface area contributed by atoms with Gasteiger partial charge in [0.25, 0.3) is 0 Å². The van der Waals surface area contributed by atoms with E-state index in [1.165, 1.54) is 0 Å². The number of benzene rings is 1. The maximum atomic E-state index is 11.2. The van der Waals surface area contributed by atoms with Gasteiger partial charge < -0.3 is 18.9 Å². The van der Waals surface area contributed by atoms with Crippen LogP contribution in [-0.2, 0) is 9.47 Å². The highest BCUT2D eigenvalue weighted by Crippen LogP contribution is 2.34. The van der Waals surface area contributed by atoms with Crippen molar-refractivity contribution in [1.29, 1.82) is 0 Å². The quantitative estimate of drug-likeness (QED) is 0.489. The van der Waals surface area contributed by atoms with E-state index in [1.54, 1.807) is 26.4 Å². The van der Waals surface area contributed by atoms with Crippen LogP contribution in [0.2, 0.25) is 0 Å². The van der Waals surface area contributed by atoms with Crippen molar-refractivity contribution in [3.63, 3.8) is 0 Å². The van der Waals surface area contributed by atoms with E-state index in [1.807, 2.05) is 13.8 Å². The number of aldehydes is 1. The maximum absolute atomic E-state index is 11.2. The lowest BCUT2D eigenvalue weighted by molar-refractivity contribution is -0.107. The lowest BCUT2D eigenvalue weighted by Crippen LogP contribution is -2.09. The lowest BCUT2D eigenvalue weighted by Gasteiger charge is -2.20. The summed E-state index contributed by atoms with van der Waals surface area (Å²) in [6.07, 6.45) is 1.93. The first-order chi connectivity index (χ1) is 10.2. The molecule has 0 N–H and O–H groups in total. The summed E-state index contributed by atoms with van der Waals surface area (Å²) >= 11 is 0. The second kappa shape index (κ2) is 9.37. The van der Waals surface area contributed by atoms with E-state index < -0.39 is 6.29 Å². The predicted octanol–water partition coefficient (Wildman–Crippen LogP) is 3.37. The normalized spacial score (nSPS) is 10.7. The molecule has 0 bridgehead atoms. The van der Waals surface area contributed by atoms with E-state index in [4.69, 9.17) is 18.9 Å². The Morgan fingerprint density at radius 1 is 1.00 bits per heavy atom. The molecule has 0 aliphatic rings. The Balaban J connectivity index is 3.22. The fourth-order valence-corrected chi connectivity index (χ4v) is 1.89. The second-order valence-electron chi connectivity index (χ2n) is 4.55. The molecule has 0 heterocycles. The van der Waals surface area contributed by atoms with Gasteiger partial charge >= 0.3 is 0 Å². The molecule has 5 heteroatoms. The summed E-state index contributed by atoms with van der Waals surface area (Å²) in [5, 5.41) is 0. The summed E-state index contributed by atoms with van der Waals surface area (Å²) in [6, 6.07) is 3.43. The second-order valence-corrected chi connectivity index (χ2v) is 4.55. The molecule has 0 amide bonds. The molecular formula is C16H24O5. The predicted molar refractivity (Wildman–Crippen MR) is 80.2 cm³/mol. The van der Waals surface area contributed by atoms with Crippen LogP contribution < -0.4 is 9.47 Å². The highest BCUT2D eigenvalue weighted by molar-refractivity contribution is 5.80. The molecule has 0 saturated heterocycles. The fraction of sp³-hybridized carbons (Fsp3) is 0.562. The number of ether oxygens (including phenoxy) is 4. The van der Waals surface area contributed by atoms with E-state index >= 15 is 0 Å². The highest BCUT2D eigenvalue weighted by Gasteiger charge is 2.19. The number of hydrogen-bond acceptors (Lipinski definition) is 5. The van der Waals surface area contributed by atoms with Gasteiger partial charge in [0.05, 0.1) is 24.3 Å². The molecule has 118 valence electrons. The van der Waals surface area contributed by atoms with Crippen LogP contribution in [0, 0.1) is 0 Å². The van der Waals surface area contributed by atoms with Crippen LogP contribution in [0.5, 0.6) is 11.5 Å². The summed E-state index contributed by atoms with van der Waals surface area (Å²) in [7, 11) is 3.11. The first kappa shape index (κ1) is 17.5. The maximum Gasteiger partial charge on any atom is 0.186 e. The van der Waals surface area contributed by atoms with Crippen molar-refractivity contribution in [2.24, 2.45) is 0 Å². The average Bonchev–Trinajstić information content (AvgIpc) is 2.52. The van der Waals surface area contributed by atoms with Gasteiger partial charge in [-0.05, 0) is 25.0 Å². The molecule has 0 aromatic heterocycles. The largest absolute Gasteiger partial charge is 0.493 e. The van der Waals surface area contributed by atoms with Crippen LogP contribution in [-0.4, -0.2) is 33.7 Å². The molecule has 1 aromatic carbocycles. The van der Waals surface area contributed by atoms with Crippen LogP contribution in [0.25, 0.3) is 0 Å². The zero-order valence-electron chi connectivity index (χ0n) is 13.2. The van der Waals surface area contributed by atoms with Gasteiger partial charge in [-0.15, -0.1) is 0 Å². The molecule has 21 heavy (non-hydrogen) atoms. The van der Waals surface area contributed by atoms with Gasteiger partial charge in [0.15, 0.2) is 12.6 Å². The average molecular weight is 296 g/mol. The highest BCUT2D eigenvalue weighted by atomic mass is 16.7. The number of rotatable bonds is 10. The molecule has 1 aromatic rings. The molecule has 0 unspecified atom stereocenters. The number of carbonyl (C=O) groups is 1. The standard InChI is InChI=1S/C16H24O5/c1-5-7-20-14-10-13(16(18-3)19-4)15(21-8-6-2)9-12(14)11-17/h9-11,16H,5-8H2,1-4H3. The monoisotopic (exact) mass is 296 g/mol. The van der Waals surface area contributed by atoms with Crippen molar-refractivity contribution in [3.8, 4) is 11.5 Å². The zero-order chi connectivity index (χ0) is 15.7. The van der Waals surface area contributed by atoms with Crippen molar-refractivity contribution < 1.29 is 23.7 Å². The third-order valence-electron chi connectivity index (χ3n) is 2.87. The summed E-state index contributed by atoms with van der Waals surface area (Å²) in [6.45, 7) is 5.12. The Hall–Kier alpha value is -1.59. The molecular weight excluding hydrogens is 272 g/mol. The summed E-state index contributed by atoms with van der Waals surface area (Å²) in [4.78, 5) is 11.2. The minimum Gasteiger partial charge on any atom is -0.493 e. The van der Waals surface area contributed by atoms with Gasteiger partial charge in [0.1, 0.15) is 11.5 Å². The summed E-state index contributed by atoms with van der Waals surface area (Å²) in [5.41, 5.74) is 1.18. The van der Waals surface area contributed by atoms with Crippen LogP contribution in [0.1, 0.15) is 48.9 Å². The Kier molecular flexibility index (Phi) is 7.79. The SMILES string of the molecule is CCCOc1cc(C(OC)OC)c(OCCC)cc1C=O. The summed E-state index contributed by atoms with van der Waals surface area (Å²) in [5.74, 6) is 1.10. The van der Waals surface area contributed by atoms with E-state index in [9.17, 15) is 4.79 Å². The topological polar surface area (TPSA) is 54.0 Å². The molecule has 0 spiro atoms. The van der Waals surface area contributed by atoms with Gasteiger partial charge in [0.2, 0.25) is 0 Å². The van der Waals surface area contributed by atoms with Crippen LogP contribution in [0.15, 0.2) is 12.1 Å². The lowest BCUT2D eigenvalue weighted by atomic mass is 10.1. The van der Waals surface area contributed by atoms with E-state index in [0.717, 1.165) is 19.1 Å². The van der Waals surface area contributed by atoms with E-state index in [2.05, 4.69) is 0 Å². The molecule has 0 aliphatic heterocycles. The number of carbonyl (C=O) groups excluding carboxylic acids is 1. The molecule has 1 rings (SSSR count). The van der Waals surface area contributed by atoms with Gasteiger partial charge in [-0.3, -0.25) is 4.79 Å². The molecule has 0 radical (unpaired) electrons. The van der Waals surface area contributed by atoms with Crippen molar-refractivity contribution in [2.45, 2.75) is 33.0 Å². The molecule has 0 saturated carbocycles. The van der Waals surface area contributed by atoms with Crippen molar-refractivity contribution in [2.75, 3.05) is 27.4 Å². The van der Waals surface area contributed by atoms with Crippen LogP contribution >= 0.6 is 0 Å². The van der Waals surface area contributed by atoms with Gasteiger partial charge in [0, 0.05) is 14.2 Å². The van der Waals surface area contributed by atoms with E-state index in [-0.39, 0.29) is 0 Å². The number of hydrogen-bond donors (Lipinski definition) is 0. The number of methoxy groups -OCH3 is 2.